The van der Waals surface area contributed by atoms with Crippen LogP contribution in [0.3, 0.4) is 0 Å². The zero-order valence-corrected chi connectivity index (χ0v) is 26.7. The van der Waals surface area contributed by atoms with Gasteiger partial charge in [0.15, 0.2) is 0 Å². The van der Waals surface area contributed by atoms with E-state index in [0.717, 1.165) is 58.0 Å². The van der Waals surface area contributed by atoms with E-state index in [0.29, 0.717) is 6.42 Å². The summed E-state index contributed by atoms with van der Waals surface area (Å²) >= 11 is 0. The second-order valence-corrected chi connectivity index (χ2v) is 11.7. The standard InChI is InChI=1S/C45H36N2O/c48-34-33-40(46(38-20-3-1-4-21-38)44-27-12-9-18-36-16-7-10-25-42(36)44)24-13-15-35-29-31-41(32-30-35)47(39-22-5-2-6-23-39)45-28-14-19-37-17-8-11-26-43(37)45/h1-10,12-14,16-17,19-25,27-34H,11,15,26H2/b24-13-,40-33+. The fourth-order valence-electron chi connectivity index (χ4n) is 6.44. The first-order chi connectivity index (χ1) is 23.8. The van der Waals surface area contributed by atoms with Gasteiger partial charge in [-0.3, -0.25) is 4.79 Å². The molecule has 2 aliphatic carbocycles. The van der Waals surface area contributed by atoms with E-state index < -0.39 is 0 Å². The average Bonchev–Trinajstić information content (AvgIpc) is 3.36. The van der Waals surface area contributed by atoms with Gasteiger partial charge in [0, 0.05) is 45.0 Å². The first-order valence-electron chi connectivity index (χ1n) is 16.4. The second kappa shape index (κ2) is 14.5. The summed E-state index contributed by atoms with van der Waals surface area (Å²) in [4.78, 5) is 16.5. The van der Waals surface area contributed by atoms with E-state index in [-0.39, 0.29) is 0 Å². The molecule has 48 heavy (non-hydrogen) atoms. The van der Waals surface area contributed by atoms with Crippen LogP contribution in [-0.2, 0) is 17.6 Å². The first-order valence-corrected chi connectivity index (χ1v) is 16.4. The summed E-state index contributed by atoms with van der Waals surface area (Å²) in [5.41, 5.74) is 13.4. The maximum Gasteiger partial charge on any atom is 0.144 e. The summed E-state index contributed by atoms with van der Waals surface area (Å²) in [7, 11) is 0. The Balaban J connectivity index is 1.20. The fourth-order valence-corrected chi connectivity index (χ4v) is 6.44. The third kappa shape index (κ3) is 6.55. The van der Waals surface area contributed by atoms with Crippen LogP contribution in [0, 0.1) is 0 Å². The minimum Gasteiger partial charge on any atom is -0.310 e. The van der Waals surface area contributed by atoms with E-state index in [1.165, 1.54) is 22.4 Å². The predicted octanol–water partition coefficient (Wildman–Crippen LogP) is 9.12. The van der Waals surface area contributed by atoms with Crippen molar-refractivity contribution in [3.8, 4) is 0 Å². The minimum absolute atomic E-state index is 0.715. The van der Waals surface area contributed by atoms with Crippen molar-refractivity contribution in [3.05, 3.63) is 203 Å². The Hall–Kier alpha value is -6.15. The minimum atomic E-state index is 0.715. The fraction of sp³-hybridized carbons (Fsp3) is 0.0667. The van der Waals surface area contributed by atoms with E-state index in [9.17, 15) is 4.79 Å². The summed E-state index contributed by atoms with van der Waals surface area (Å²) in [6, 6.07) is 44.4. The van der Waals surface area contributed by atoms with Crippen LogP contribution in [-0.4, -0.2) is 6.29 Å². The Morgan fingerprint density at radius 1 is 0.729 bits per heavy atom. The molecule has 0 bridgehead atoms. The molecule has 0 radical (unpaired) electrons. The summed E-state index contributed by atoms with van der Waals surface area (Å²) in [6.45, 7) is 0. The highest BCUT2D eigenvalue weighted by molar-refractivity contribution is 5.84. The average molecular weight is 621 g/mol. The van der Waals surface area contributed by atoms with E-state index in [1.54, 1.807) is 6.08 Å². The molecule has 3 nitrogen and oxygen atoms in total. The van der Waals surface area contributed by atoms with Crippen LogP contribution in [0.5, 0.6) is 0 Å². The van der Waals surface area contributed by atoms with Gasteiger partial charge in [0.25, 0.3) is 0 Å². The SMILES string of the molecule is O=C/C=C(\C=C/Cc1ccc(N(c2ccccc2)c2cccc3c2CCC=C3)cc1)N(C1=c2ccccc2=C=CC=C1)c1ccccc1. The maximum atomic E-state index is 12.0. The third-order valence-electron chi connectivity index (χ3n) is 8.68. The number of anilines is 4. The van der Waals surface area contributed by atoms with E-state index >= 15 is 0 Å². The molecule has 0 heterocycles. The number of rotatable bonds is 10. The topological polar surface area (TPSA) is 23.6 Å². The summed E-state index contributed by atoms with van der Waals surface area (Å²) in [5.74, 6) is 0. The van der Waals surface area contributed by atoms with Gasteiger partial charge in [-0.05, 0) is 103 Å². The van der Waals surface area contributed by atoms with Crippen molar-refractivity contribution in [1.29, 1.82) is 0 Å². The third-order valence-corrected chi connectivity index (χ3v) is 8.68. The lowest BCUT2D eigenvalue weighted by Gasteiger charge is -2.29. The molecule has 0 amide bonds. The van der Waals surface area contributed by atoms with Gasteiger partial charge in [-0.15, -0.1) is 5.73 Å². The number of carbonyl (C=O) groups excluding carboxylic acids is 1. The van der Waals surface area contributed by atoms with Crippen LogP contribution in [0.25, 0.3) is 17.5 Å². The summed E-state index contributed by atoms with van der Waals surface area (Å²) in [5, 5.41) is 2.05. The quantitative estimate of drug-likeness (QED) is 0.0884. The van der Waals surface area contributed by atoms with Gasteiger partial charge in [0.2, 0.25) is 0 Å². The molecular formula is C45H36N2O. The highest BCUT2D eigenvalue weighted by Crippen LogP contribution is 2.39. The molecular weight excluding hydrogens is 585 g/mol. The van der Waals surface area contributed by atoms with Crippen molar-refractivity contribution in [1.82, 2.24) is 0 Å². The number of hydrogen-bond donors (Lipinski definition) is 0. The molecule has 0 saturated carbocycles. The van der Waals surface area contributed by atoms with Crippen LogP contribution in [0.2, 0.25) is 0 Å². The normalized spacial score (nSPS) is 13.4. The van der Waals surface area contributed by atoms with Gasteiger partial charge >= 0.3 is 0 Å². The number of aldehydes is 1. The Labute approximate surface area is 282 Å². The highest BCUT2D eigenvalue weighted by Gasteiger charge is 2.19. The largest absolute Gasteiger partial charge is 0.310 e. The molecule has 0 atom stereocenters. The molecule has 0 spiro atoms. The number of hydrogen-bond acceptors (Lipinski definition) is 3. The van der Waals surface area contributed by atoms with Crippen LogP contribution < -0.4 is 20.2 Å². The van der Waals surface area contributed by atoms with Crippen LogP contribution in [0.4, 0.5) is 22.7 Å². The Bertz CT molecular complexity index is 2200. The van der Waals surface area contributed by atoms with Gasteiger partial charge < -0.3 is 9.80 Å². The monoisotopic (exact) mass is 620 g/mol. The maximum absolute atomic E-state index is 12.0. The number of benzene rings is 5. The van der Waals surface area contributed by atoms with Crippen LogP contribution >= 0.6 is 0 Å². The van der Waals surface area contributed by atoms with Gasteiger partial charge in [-0.25, -0.2) is 0 Å². The molecule has 2 aliphatic rings. The Morgan fingerprint density at radius 2 is 1.46 bits per heavy atom. The number of fused-ring (bicyclic) bond motifs is 2. The molecule has 0 unspecified atom stereocenters. The van der Waals surface area contributed by atoms with Crippen LogP contribution in [0.1, 0.15) is 23.1 Å². The Kier molecular flexibility index (Phi) is 9.22. The summed E-state index contributed by atoms with van der Waals surface area (Å²) in [6.07, 6.45) is 20.0. The zero-order valence-electron chi connectivity index (χ0n) is 26.7. The second-order valence-electron chi connectivity index (χ2n) is 11.7. The molecule has 0 aromatic heterocycles. The van der Waals surface area contributed by atoms with Crippen molar-refractivity contribution in [2.45, 2.75) is 19.3 Å². The lowest BCUT2D eigenvalue weighted by atomic mass is 9.94. The zero-order chi connectivity index (χ0) is 32.5. The number of allylic oxidation sites excluding steroid dienone is 6. The smallest absolute Gasteiger partial charge is 0.144 e. The Morgan fingerprint density at radius 3 is 2.25 bits per heavy atom. The molecule has 232 valence electrons. The predicted molar refractivity (Wildman–Crippen MR) is 201 cm³/mol. The van der Waals surface area contributed by atoms with Gasteiger partial charge in [-0.2, -0.15) is 0 Å². The molecule has 7 rings (SSSR count). The molecule has 0 saturated heterocycles. The van der Waals surface area contributed by atoms with Gasteiger partial charge in [0.05, 0.1) is 5.70 Å². The van der Waals surface area contributed by atoms with Crippen molar-refractivity contribution >= 4 is 46.5 Å². The lowest BCUT2D eigenvalue weighted by molar-refractivity contribution is -0.104. The molecule has 3 heteroatoms. The van der Waals surface area contributed by atoms with Crippen molar-refractivity contribution in [3.63, 3.8) is 0 Å². The van der Waals surface area contributed by atoms with E-state index in [4.69, 9.17) is 0 Å². The number of para-hydroxylation sites is 2. The lowest BCUT2D eigenvalue weighted by Crippen LogP contribution is -2.32. The molecule has 0 aliphatic heterocycles. The van der Waals surface area contributed by atoms with E-state index in [2.05, 4.69) is 137 Å². The van der Waals surface area contributed by atoms with Crippen molar-refractivity contribution < 1.29 is 4.79 Å². The molecule has 5 aromatic rings. The van der Waals surface area contributed by atoms with Crippen molar-refractivity contribution in [2.75, 3.05) is 9.80 Å². The summed E-state index contributed by atoms with van der Waals surface area (Å²) < 4.78 is 0. The van der Waals surface area contributed by atoms with Gasteiger partial charge in [-0.1, -0.05) is 103 Å². The molecule has 5 aromatic carbocycles. The highest BCUT2D eigenvalue weighted by atomic mass is 16.1. The molecule has 0 N–H and O–H groups in total. The number of nitrogens with zero attached hydrogens (tertiary/aromatic N) is 2. The first kappa shape index (κ1) is 30.5. The van der Waals surface area contributed by atoms with Crippen LogP contribution in [0.15, 0.2) is 176 Å². The van der Waals surface area contributed by atoms with E-state index in [1.807, 2.05) is 48.6 Å². The van der Waals surface area contributed by atoms with Gasteiger partial charge in [0.1, 0.15) is 6.29 Å². The van der Waals surface area contributed by atoms with Crippen molar-refractivity contribution in [2.24, 2.45) is 0 Å². The number of carbonyl (C=O) groups is 1. The molecule has 0 fully saturated rings.